The van der Waals surface area contributed by atoms with E-state index in [1.165, 1.54) is 23.3 Å². The first-order valence-electron chi connectivity index (χ1n) is 5.11. The average Bonchev–Trinajstić information content (AvgIpc) is 2.57. The van der Waals surface area contributed by atoms with Crippen molar-refractivity contribution in [2.24, 2.45) is 0 Å². The number of hydrogen-bond donors (Lipinski definition) is 1. The van der Waals surface area contributed by atoms with E-state index < -0.39 is 0 Å². The first-order chi connectivity index (χ1) is 7.54. The summed E-state index contributed by atoms with van der Waals surface area (Å²) in [5, 5.41) is 0. The molecule has 1 N–H and O–H groups in total. The van der Waals surface area contributed by atoms with E-state index in [1.807, 2.05) is 6.92 Å². The van der Waals surface area contributed by atoms with Crippen molar-refractivity contribution >= 4 is 29.3 Å². The third kappa shape index (κ3) is 3.77. The van der Waals surface area contributed by atoms with E-state index in [0.717, 1.165) is 10.0 Å². The molecule has 0 spiro atoms. The van der Waals surface area contributed by atoms with Crippen LogP contribution in [0.3, 0.4) is 0 Å². The number of aromatic nitrogens is 1. The molecule has 0 unspecified atom stereocenters. The second-order valence-corrected chi connectivity index (χ2v) is 5.57. The Morgan fingerprint density at radius 2 is 2.31 bits per heavy atom. The van der Waals surface area contributed by atoms with Gasteiger partial charge in [-0.25, -0.2) is 9.78 Å². The predicted octanol–water partition coefficient (Wildman–Crippen LogP) is 2.63. The molecule has 0 bridgehead atoms. The van der Waals surface area contributed by atoms with Gasteiger partial charge in [-0.15, -0.1) is 0 Å². The standard InChI is InChI=1S/C10H16N2O2S2/c1-5-14-9(13)8-7(4)11-10(15-8)16-12-6(2)3/h6,12H,5H2,1-4H3. The van der Waals surface area contributed by atoms with Gasteiger partial charge in [0.1, 0.15) is 4.88 Å². The molecule has 0 aliphatic carbocycles. The monoisotopic (exact) mass is 260 g/mol. The molecule has 0 aliphatic heterocycles. The Labute approximate surface area is 104 Å². The van der Waals surface area contributed by atoms with E-state index in [4.69, 9.17) is 4.74 Å². The van der Waals surface area contributed by atoms with E-state index in [-0.39, 0.29) is 5.97 Å². The molecule has 0 saturated heterocycles. The van der Waals surface area contributed by atoms with E-state index in [2.05, 4.69) is 23.6 Å². The molecule has 6 heteroatoms. The highest BCUT2D eigenvalue weighted by Crippen LogP contribution is 2.26. The third-order valence-corrected chi connectivity index (χ3v) is 3.91. The van der Waals surface area contributed by atoms with E-state index in [9.17, 15) is 4.79 Å². The van der Waals surface area contributed by atoms with Gasteiger partial charge in [-0.2, -0.15) is 0 Å². The van der Waals surface area contributed by atoms with Gasteiger partial charge in [0.05, 0.1) is 12.3 Å². The molecule has 1 heterocycles. The fourth-order valence-electron chi connectivity index (χ4n) is 0.970. The van der Waals surface area contributed by atoms with Crippen molar-refractivity contribution in [1.82, 2.24) is 9.71 Å². The van der Waals surface area contributed by atoms with E-state index >= 15 is 0 Å². The summed E-state index contributed by atoms with van der Waals surface area (Å²) in [5.41, 5.74) is 0.733. The van der Waals surface area contributed by atoms with Gasteiger partial charge in [-0.3, -0.25) is 4.72 Å². The Hall–Kier alpha value is -0.590. The van der Waals surface area contributed by atoms with Crippen molar-refractivity contribution in [2.45, 2.75) is 38.1 Å². The van der Waals surface area contributed by atoms with E-state index in [1.54, 1.807) is 6.92 Å². The first-order valence-corrected chi connectivity index (χ1v) is 6.74. The molecule has 1 rings (SSSR count). The van der Waals surface area contributed by atoms with E-state index in [0.29, 0.717) is 17.5 Å². The van der Waals surface area contributed by atoms with Crippen LogP contribution in [0.25, 0.3) is 0 Å². The van der Waals surface area contributed by atoms with Crippen LogP contribution in [0.2, 0.25) is 0 Å². The van der Waals surface area contributed by atoms with Crippen LogP contribution in [0.15, 0.2) is 4.34 Å². The zero-order chi connectivity index (χ0) is 12.1. The summed E-state index contributed by atoms with van der Waals surface area (Å²) in [6, 6.07) is 0.375. The number of thiazole rings is 1. The number of esters is 1. The van der Waals surface area contributed by atoms with Gasteiger partial charge in [0.25, 0.3) is 0 Å². The van der Waals surface area contributed by atoms with Crippen molar-refractivity contribution < 1.29 is 9.53 Å². The molecule has 16 heavy (non-hydrogen) atoms. The lowest BCUT2D eigenvalue weighted by molar-refractivity contribution is 0.0531. The van der Waals surface area contributed by atoms with Crippen molar-refractivity contribution in [1.29, 1.82) is 0 Å². The average molecular weight is 260 g/mol. The molecule has 0 amide bonds. The van der Waals surface area contributed by atoms with Gasteiger partial charge in [-0.05, 0) is 39.6 Å². The summed E-state index contributed by atoms with van der Waals surface area (Å²) < 4.78 is 8.98. The number of carbonyl (C=O) groups excluding carboxylic acids is 1. The maximum absolute atomic E-state index is 11.5. The van der Waals surface area contributed by atoms with Gasteiger partial charge < -0.3 is 4.74 Å². The summed E-state index contributed by atoms with van der Waals surface area (Å²) in [4.78, 5) is 16.4. The number of carbonyl (C=O) groups is 1. The molecule has 0 fully saturated rings. The van der Waals surface area contributed by atoms with Gasteiger partial charge >= 0.3 is 5.97 Å². The Kier molecular flexibility index (Phi) is 5.24. The van der Waals surface area contributed by atoms with Crippen LogP contribution in [0.4, 0.5) is 0 Å². The highest BCUT2D eigenvalue weighted by molar-refractivity contribution is 7.99. The van der Waals surface area contributed by atoms with Crippen LogP contribution in [-0.2, 0) is 4.74 Å². The number of aryl methyl sites for hydroxylation is 1. The molecule has 0 aromatic carbocycles. The zero-order valence-electron chi connectivity index (χ0n) is 9.86. The smallest absolute Gasteiger partial charge is 0.350 e. The van der Waals surface area contributed by atoms with Crippen LogP contribution >= 0.6 is 23.3 Å². The molecule has 0 aliphatic rings. The summed E-state index contributed by atoms with van der Waals surface area (Å²) in [6.07, 6.45) is 0. The van der Waals surface area contributed by atoms with Crippen molar-refractivity contribution in [3.63, 3.8) is 0 Å². The lowest BCUT2D eigenvalue weighted by Gasteiger charge is -2.02. The lowest BCUT2D eigenvalue weighted by atomic mass is 10.4. The fraction of sp³-hybridized carbons (Fsp3) is 0.600. The number of nitrogens with one attached hydrogen (secondary N) is 1. The topological polar surface area (TPSA) is 51.2 Å². The molecule has 0 radical (unpaired) electrons. The van der Waals surface area contributed by atoms with Crippen LogP contribution < -0.4 is 4.72 Å². The highest BCUT2D eigenvalue weighted by atomic mass is 32.2. The Morgan fingerprint density at radius 1 is 1.62 bits per heavy atom. The molecule has 90 valence electrons. The van der Waals surface area contributed by atoms with Gasteiger partial charge in [-0.1, -0.05) is 11.3 Å². The first kappa shape index (κ1) is 13.5. The predicted molar refractivity (Wildman–Crippen MR) is 66.9 cm³/mol. The molecule has 4 nitrogen and oxygen atoms in total. The SMILES string of the molecule is CCOC(=O)c1sc(SNC(C)C)nc1C. The van der Waals surface area contributed by atoms with Crippen molar-refractivity contribution in [2.75, 3.05) is 6.61 Å². The number of hydrogen-bond acceptors (Lipinski definition) is 6. The maximum atomic E-state index is 11.5. The number of ether oxygens (including phenoxy) is 1. The van der Waals surface area contributed by atoms with Crippen LogP contribution in [0.5, 0.6) is 0 Å². The third-order valence-electron chi connectivity index (χ3n) is 1.62. The summed E-state index contributed by atoms with van der Waals surface area (Å²) >= 11 is 2.81. The van der Waals surface area contributed by atoms with Crippen molar-refractivity contribution in [3.8, 4) is 0 Å². The molecule has 1 aromatic heterocycles. The quantitative estimate of drug-likeness (QED) is 0.651. The highest BCUT2D eigenvalue weighted by Gasteiger charge is 2.16. The molecular formula is C10H16N2O2S2. The number of rotatable bonds is 5. The fourth-order valence-corrected chi connectivity index (χ4v) is 2.74. The minimum absolute atomic E-state index is 0.283. The van der Waals surface area contributed by atoms with Crippen LogP contribution in [0.1, 0.15) is 36.1 Å². The Bertz CT molecular complexity index is 364. The number of nitrogens with zero attached hydrogens (tertiary/aromatic N) is 1. The second kappa shape index (κ2) is 6.22. The van der Waals surface area contributed by atoms with Crippen molar-refractivity contribution in [3.05, 3.63) is 10.6 Å². The second-order valence-electron chi connectivity index (χ2n) is 3.49. The molecule has 0 atom stereocenters. The molecule has 0 saturated carbocycles. The largest absolute Gasteiger partial charge is 0.462 e. The molecular weight excluding hydrogens is 244 g/mol. The Balaban J connectivity index is 2.69. The minimum atomic E-state index is -0.283. The summed E-state index contributed by atoms with van der Waals surface area (Å²) in [7, 11) is 0. The molecule has 1 aromatic rings. The normalized spacial score (nSPS) is 10.8. The maximum Gasteiger partial charge on any atom is 0.350 e. The summed E-state index contributed by atoms with van der Waals surface area (Å²) in [6.45, 7) is 8.12. The summed E-state index contributed by atoms with van der Waals surface area (Å²) in [5.74, 6) is -0.283. The lowest BCUT2D eigenvalue weighted by Crippen LogP contribution is -2.13. The van der Waals surface area contributed by atoms with Gasteiger partial charge in [0.2, 0.25) is 0 Å². The van der Waals surface area contributed by atoms with Crippen LogP contribution in [0, 0.1) is 6.92 Å². The van der Waals surface area contributed by atoms with Gasteiger partial charge in [0.15, 0.2) is 4.34 Å². The van der Waals surface area contributed by atoms with Crippen LogP contribution in [-0.4, -0.2) is 23.6 Å². The zero-order valence-corrected chi connectivity index (χ0v) is 11.5. The Morgan fingerprint density at radius 3 is 2.88 bits per heavy atom. The minimum Gasteiger partial charge on any atom is -0.462 e. The van der Waals surface area contributed by atoms with Gasteiger partial charge in [0, 0.05) is 6.04 Å².